The number of rotatable bonds is 7. The van der Waals surface area contributed by atoms with Crippen LogP contribution in [0.1, 0.15) is 19.4 Å². The van der Waals surface area contributed by atoms with E-state index in [-0.39, 0.29) is 5.92 Å². The summed E-state index contributed by atoms with van der Waals surface area (Å²) in [6.07, 6.45) is 0. The Hall–Kier alpha value is -2.82. The molecule has 5 heteroatoms. The first-order valence-electron chi connectivity index (χ1n) is 9.14. The number of amidine groups is 1. The smallest absolute Gasteiger partial charge is 0.129 e. The third-order valence-electron chi connectivity index (χ3n) is 3.92. The number of hydrogen-bond donors (Lipinski definition) is 1. The fraction of sp³-hybridized carbons (Fsp3) is 0.174. The van der Waals surface area contributed by atoms with E-state index < -0.39 is 0 Å². The molecule has 3 aromatic carbocycles. The first kappa shape index (κ1) is 19.9. The number of benzene rings is 3. The predicted molar refractivity (Wildman–Crippen MR) is 114 cm³/mol. The second-order valence-electron chi connectivity index (χ2n) is 6.58. The summed E-state index contributed by atoms with van der Waals surface area (Å²) in [5.41, 5.74) is 4.79. The first-order valence-corrected chi connectivity index (χ1v) is 9.52. The summed E-state index contributed by atoms with van der Waals surface area (Å²) in [5, 5.41) is 0.687. The van der Waals surface area contributed by atoms with Crippen molar-refractivity contribution in [3.05, 3.63) is 89.4 Å². The van der Waals surface area contributed by atoms with Crippen molar-refractivity contribution in [1.29, 1.82) is 0 Å². The van der Waals surface area contributed by atoms with Crippen LogP contribution in [0.4, 0.5) is 5.69 Å². The lowest BCUT2D eigenvalue weighted by Gasteiger charge is -2.14. The van der Waals surface area contributed by atoms with E-state index in [9.17, 15) is 0 Å². The molecule has 1 N–H and O–H groups in total. The van der Waals surface area contributed by atoms with Crippen molar-refractivity contribution in [2.45, 2.75) is 20.5 Å². The van der Waals surface area contributed by atoms with Gasteiger partial charge in [-0.15, -0.1) is 0 Å². The highest BCUT2D eigenvalue weighted by molar-refractivity contribution is 6.30. The van der Waals surface area contributed by atoms with Crippen LogP contribution in [-0.2, 0) is 11.4 Å². The second-order valence-corrected chi connectivity index (χ2v) is 7.02. The van der Waals surface area contributed by atoms with Gasteiger partial charge in [0.15, 0.2) is 0 Å². The van der Waals surface area contributed by atoms with Gasteiger partial charge >= 0.3 is 0 Å². The number of hydrogen-bond acceptors (Lipinski definition) is 3. The number of nitrogens with zero attached hydrogens (tertiary/aromatic N) is 1. The standard InChI is InChI=1S/C23H23ClN2O2/c1-17(2)23(25-20-13-11-19(24)12-14-20)26-27-16-18-7-6-10-22(15-18)28-21-8-4-3-5-9-21/h3-15,17H,16H2,1-2H3,(H,25,26). The Morgan fingerprint density at radius 2 is 1.64 bits per heavy atom. The zero-order chi connectivity index (χ0) is 19.8. The SMILES string of the molecule is CC(C)C(=Nc1ccc(Cl)cc1)NOCc1cccc(Oc2ccccc2)c1. The summed E-state index contributed by atoms with van der Waals surface area (Å²) in [5.74, 6) is 2.50. The average molecular weight is 395 g/mol. The molecule has 0 radical (unpaired) electrons. The van der Waals surface area contributed by atoms with Gasteiger partial charge < -0.3 is 4.74 Å². The van der Waals surface area contributed by atoms with Crippen molar-refractivity contribution < 1.29 is 9.57 Å². The largest absolute Gasteiger partial charge is 0.457 e. The van der Waals surface area contributed by atoms with Crippen molar-refractivity contribution in [3.8, 4) is 11.5 Å². The highest BCUT2D eigenvalue weighted by atomic mass is 35.5. The number of nitrogens with one attached hydrogen (secondary N) is 1. The fourth-order valence-electron chi connectivity index (χ4n) is 2.44. The van der Waals surface area contributed by atoms with Crippen molar-refractivity contribution >= 4 is 23.1 Å². The number of halogens is 1. The molecular weight excluding hydrogens is 372 g/mol. The van der Waals surface area contributed by atoms with Crippen LogP contribution < -0.4 is 10.2 Å². The molecule has 0 heterocycles. The highest BCUT2D eigenvalue weighted by Crippen LogP contribution is 2.22. The molecule has 3 rings (SSSR count). The van der Waals surface area contributed by atoms with Crippen LogP contribution in [0.2, 0.25) is 5.02 Å². The van der Waals surface area contributed by atoms with E-state index in [4.69, 9.17) is 21.2 Å². The third-order valence-corrected chi connectivity index (χ3v) is 4.17. The van der Waals surface area contributed by atoms with Crippen molar-refractivity contribution in [1.82, 2.24) is 5.48 Å². The molecule has 0 fully saturated rings. The zero-order valence-corrected chi connectivity index (χ0v) is 16.7. The average Bonchev–Trinajstić information content (AvgIpc) is 2.70. The minimum Gasteiger partial charge on any atom is -0.457 e. The minimum atomic E-state index is 0.184. The monoisotopic (exact) mass is 394 g/mol. The van der Waals surface area contributed by atoms with Crippen LogP contribution in [0.15, 0.2) is 83.9 Å². The molecule has 0 amide bonds. The Kier molecular flexibility index (Phi) is 7.06. The lowest BCUT2D eigenvalue weighted by Crippen LogP contribution is -2.28. The molecule has 0 bridgehead atoms. The molecule has 0 saturated heterocycles. The molecular formula is C23H23ClN2O2. The van der Waals surface area contributed by atoms with Gasteiger partial charge in [0.2, 0.25) is 0 Å². The van der Waals surface area contributed by atoms with Gasteiger partial charge in [0.1, 0.15) is 17.3 Å². The zero-order valence-electron chi connectivity index (χ0n) is 15.9. The van der Waals surface area contributed by atoms with Gasteiger partial charge in [0, 0.05) is 10.9 Å². The number of ether oxygens (including phenoxy) is 1. The fourth-order valence-corrected chi connectivity index (χ4v) is 2.57. The quantitative estimate of drug-likeness (QED) is 0.281. The summed E-state index contributed by atoms with van der Waals surface area (Å²) in [7, 11) is 0. The molecule has 144 valence electrons. The summed E-state index contributed by atoms with van der Waals surface area (Å²) in [4.78, 5) is 10.3. The molecule has 0 spiro atoms. The van der Waals surface area contributed by atoms with E-state index in [1.54, 1.807) is 0 Å². The van der Waals surface area contributed by atoms with Crippen LogP contribution in [0, 0.1) is 5.92 Å². The minimum absolute atomic E-state index is 0.184. The summed E-state index contributed by atoms with van der Waals surface area (Å²) >= 11 is 5.93. The topological polar surface area (TPSA) is 42.9 Å². The van der Waals surface area contributed by atoms with E-state index in [0.717, 1.165) is 28.6 Å². The van der Waals surface area contributed by atoms with Gasteiger partial charge in [-0.25, -0.2) is 4.99 Å². The van der Waals surface area contributed by atoms with Gasteiger partial charge in [-0.3, -0.25) is 10.3 Å². The van der Waals surface area contributed by atoms with Crippen molar-refractivity contribution in [2.24, 2.45) is 10.9 Å². The molecule has 0 saturated carbocycles. The van der Waals surface area contributed by atoms with E-state index in [1.807, 2.05) is 78.9 Å². The number of hydroxylamine groups is 1. The van der Waals surface area contributed by atoms with Crippen LogP contribution in [-0.4, -0.2) is 5.84 Å². The second kappa shape index (κ2) is 9.93. The maximum absolute atomic E-state index is 5.93. The lowest BCUT2D eigenvalue weighted by molar-refractivity contribution is 0.0683. The van der Waals surface area contributed by atoms with Crippen molar-refractivity contribution in [2.75, 3.05) is 0 Å². The first-order chi connectivity index (χ1) is 13.6. The van der Waals surface area contributed by atoms with E-state index in [2.05, 4.69) is 24.3 Å². The Morgan fingerprint density at radius 1 is 0.929 bits per heavy atom. The maximum atomic E-state index is 5.93. The summed E-state index contributed by atoms with van der Waals surface area (Å²) < 4.78 is 5.86. The summed E-state index contributed by atoms with van der Waals surface area (Å²) in [6, 6.07) is 24.9. The number of aliphatic imine (C=N–C) groups is 1. The van der Waals surface area contributed by atoms with Crippen LogP contribution in [0.3, 0.4) is 0 Å². The lowest BCUT2D eigenvalue weighted by atomic mass is 10.2. The van der Waals surface area contributed by atoms with Gasteiger partial charge in [-0.05, 0) is 54.1 Å². The Labute approximate surface area is 170 Å². The Bertz CT molecular complexity index is 909. The number of para-hydroxylation sites is 1. The van der Waals surface area contributed by atoms with E-state index in [0.29, 0.717) is 11.6 Å². The molecule has 4 nitrogen and oxygen atoms in total. The van der Waals surface area contributed by atoms with Gasteiger partial charge in [0.05, 0.1) is 12.3 Å². The third kappa shape index (κ3) is 6.12. The van der Waals surface area contributed by atoms with Crippen LogP contribution >= 0.6 is 11.6 Å². The predicted octanol–water partition coefficient (Wildman–Crippen LogP) is 6.54. The van der Waals surface area contributed by atoms with Crippen LogP contribution in [0.5, 0.6) is 11.5 Å². The molecule has 0 aliphatic carbocycles. The molecule has 3 aromatic rings. The molecule has 0 aliphatic heterocycles. The van der Waals surface area contributed by atoms with Gasteiger partial charge in [-0.1, -0.05) is 55.8 Å². The van der Waals surface area contributed by atoms with Crippen LogP contribution in [0.25, 0.3) is 0 Å². The van der Waals surface area contributed by atoms with E-state index >= 15 is 0 Å². The summed E-state index contributed by atoms with van der Waals surface area (Å²) in [6.45, 7) is 4.50. The highest BCUT2D eigenvalue weighted by Gasteiger charge is 2.06. The van der Waals surface area contributed by atoms with Gasteiger partial charge in [-0.2, -0.15) is 0 Å². The maximum Gasteiger partial charge on any atom is 0.129 e. The Morgan fingerprint density at radius 3 is 2.36 bits per heavy atom. The molecule has 0 aliphatic rings. The van der Waals surface area contributed by atoms with Crippen molar-refractivity contribution in [3.63, 3.8) is 0 Å². The molecule has 0 unspecified atom stereocenters. The molecule has 28 heavy (non-hydrogen) atoms. The van der Waals surface area contributed by atoms with Gasteiger partial charge in [0.25, 0.3) is 0 Å². The normalized spacial score (nSPS) is 11.5. The van der Waals surface area contributed by atoms with E-state index in [1.165, 1.54) is 0 Å². The Balaban J connectivity index is 1.59. The molecule has 0 aromatic heterocycles. The molecule has 0 atom stereocenters.